The first-order valence-electron chi connectivity index (χ1n) is 6.39. The van der Waals surface area contributed by atoms with E-state index in [4.69, 9.17) is 0 Å². The molecule has 2 aliphatic rings. The maximum absolute atomic E-state index is 12.1. The second-order valence-electron chi connectivity index (χ2n) is 4.96. The summed E-state index contributed by atoms with van der Waals surface area (Å²) < 4.78 is 0. The quantitative estimate of drug-likeness (QED) is 0.724. The van der Waals surface area contributed by atoms with Crippen molar-refractivity contribution in [2.75, 3.05) is 0 Å². The lowest BCUT2D eigenvalue weighted by molar-refractivity contribution is -0.121. The molecule has 2 nitrogen and oxygen atoms in total. The van der Waals surface area contributed by atoms with Crippen molar-refractivity contribution >= 4 is 11.5 Å². The third-order valence-corrected chi connectivity index (χ3v) is 3.89. The van der Waals surface area contributed by atoms with Gasteiger partial charge in [-0.3, -0.25) is 4.79 Å². The van der Waals surface area contributed by atoms with E-state index in [0.717, 1.165) is 18.5 Å². The number of rotatable bonds is 0. The van der Waals surface area contributed by atoms with Crippen LogP contribution in [0, 0.1) is 0 Å². The molecule has 2 heteroatoms. The molecule has 0 aromatic heterocycles. The van der Waals surface area contributed by atoms with Crippen LogP contribution in [0.4, 0.5) is 0 Å². The fourth-order valence-corrected chi connectivity index (χ4v) is 2.89. The van der Waals surface area contributed by atoms with Crippen molar-refractivity contribution in [1.29, 1.82) is 0 Å². The maximum Gasteiger partial charge on any atom is 0.231 e. The average molecular weight is 227 g/mol. The van der Waals surface area contributed by atoms with E-state index in [2.05, 4.69) is 23.5 Å². The number of allylic oxidation sites excluding steroid dienone is 2. The number of carbonyl (C=O) groups is 1. The molecule has 0 saturated carbocycles. The molecule has 0 spiro atoms. The highest BCUT2D eigenvalue weighted by atomic mass is 16.1. The van der Waals surface area contributed by atoms with Crippen LogP contribution in [-0.4, -0.2) is 5.91 Å². The zero-order chi connectivity index (χ0) is 11.8. The Balaban J connectivity index is 2.20. The van der Waals surface area contributed by atoms with Gasteiger partial charge < -0.3 is 5.32 Å². The molecule has 88 valence electrons. The fourth-order valence-electron chi connectivity index (χ4n) is 2.89. The highest BCUT2D eigenvalue weighted by molar-refractivity contribution is 5.91. The van der Waals surface area contributed by atoms with Crippen LogP contribution >= 0.6 is 0 Å². The van der Waals surface area contributed by atoms with E-state index in [1.165, 1.54) is 29.5 Å². The van der Waals surface area contributed by atoms with Gasteiger partial charge in [0.15, 0.2) is 0 Å². The van der Waals surface area contributed by atoms with Crippen molar-refractivity contribution < 1.29 is 4.79 Å². The van der Waals surface area contributed by atoms with E-state index in [1.807, 2.05) is 13.0 Å². The molecule has 1 atom stereocenters. The van der Waals surface area contributed by atoms with Gasteiger partial charge in [-0.15, -0.1) is 0 Å². The smallest absolute Gasteiger partial charge is 0.231 e. The summed E-state index contributed by atoms with van der Waals surface area (Å²) in [6.45, 7) is 1.99. The van der Waals surface area contributed by atoms with E-state index >= 15 is 0 Å². The van der Waals surface area contributed by atoms with Gasteiger partial charge in [0.2, 0.25) is 5.91 Å². The Kier molecular flexibility index (Phi) is 2.50. The van der Waals surface area contributed by atoms with Crippen LogP contribution in [-0.2, 0) is 4.79 Å². The monoisotopic (exact) mass is 227 g/mol. The number of hydrogen-bond donors (Lipinski definition) is 1. The van der Waals surface area contributed by atoms with Gasteiger partial charge in [-0.05, 0) is 49.3 Å². The molecule has 0 saturated heterocycles. The Hall–Kier alpha value is -1.57. The van der Waals surface area contributed by atoms with Crippen LogP contribution in [0.5, 0.6) is 0 Å². The number of nitrogens with one attached hydrogen (secondary N) is 1. The molecule has 0 bridgehead atoms. The fraction of sp³-hybridized carbons (Fsp3) is 0.400. The lowest BCUT2D eigenvalue weighted by Crippen LogP contribution is -2.26. The minimum absolute atomic E-state index is 0.0446. The van der Waals surface area contributed by atoms with Crippen molar-refractivity contribution in [2.24, 2.45) is 0 Å². The highest BCUT2D eigenvalue weighted by Gasteiger charge is 2.27. The molecule has 1 unspecified atom stereocenters. The van der Waals surface area contributed by atoms with Crippen LogP contribution in [0.15, 0.2) is 30.0 Å². The van der Waals surface area contributed by atoms with Crippen LogP contribution < -0.4 is 5.32 Å². The standard InChI is InChI=1S/C15H17NO/c1-10-11-6-2-3-7-12(11)13-8-4-5-9-14(13)16-15(10)17/h2-3,6-7,10H,4-5,8-9H2,1H3,(H,16,17). The first kappa shape index (κ1) is 10.6. The number of hydrogen-bond acceptors (Lipinski definition) is 1. The summed E-state index contributed by atoms with van der Waals surface area (Å²) in [6, 6.07) is 8.34. The molecular weight excluding hydrogens is 210 g/mol. The van der Waals surface area contributed by atoms with Gasteiger partial charge in [-0.1, -0.05) is 24.3 Å². The Labute approximate surface area is 102 Å². The summed E-state index contributed by atoms with van der Waals surface area (Å²) in [5.74, 6) is 0.0983. The van der Waals surface area contributed by atoms with Crippen molar-refractivity contribution in [3.8, 4) is 0 Å². The third-order valence-electron chi connectivity index (χ3n) is 3.89. The van der Waals surface area contributed by atoms with Gasteiger partial charge in [-0.2, -0.15) is 0 Å². The van der Waals surface area contributed by atoms with Gasteiger partial charge in [0, 0.05) is 5.70 Å². The number of benzene rings is 1. The van der Waals surface area contributed by atoms with Crippen LogP contribution in [0.1, 0.15) is 49.7 Å². The van der Waals surface area contributed by atoms with Gasteiger partial charge in [-0.25, -0.2) is 0 Å². The largest absolute Gasteiger partial charge is 0.329 e. The topological polar surface area (TPSA) is 29.1 Å². The second-order valence-corrected chi connectivity index (χ2v) is 4.96. The SMILES string of the molecule is CC1C(=O)NC2=C(CCCC2)c2ccccc21. The van der Waals surface area contributed by atoms with Crippen LogP contribution in [0.25, 0.3) is 5.57 Å². The molecule has 1 aliphatic heterocycles. The van der Waals surface area contributed by atoms with E-state index < -0.39 is 0 Å². The molecule has 1 N–H and O–H groups in total. The summed E-state index contributed by atoms with van der Waals surface area (Å²) in [5, 5.41) is 3.12. The van der Waals surface area contributed by atoms with E-state index in [-0.39, 0.29) is 11.8 Å². The number of fused-ring (bicyclic) bond motifs is 2. The molecular formula is C15H17NO. The van der Waals surface area contributed by atoms with E-state index in [0.29, 0.717) is 0 Å². The summed E-state index contributed by atoms with van der Waals surface area (Å²) in [7, 11) is 0. The molecule has 0 radical (unpaired) electrons. The average Bonchev–Trinajstić information content (AvgIpc) is 2.48. The lowest BCUT2D eigenvalue weighted by Gasteiger charge is -2.19. The van der Waals surface area contributed by atoms with Gasteiger partial charge in [0.05, 0.1) is 5.92 Å². The second kappa shape index (κ2) is 4.02. The highest BCUT2D eigenvalue weighted by Crippen LogP contribution is 2.37. The minimum Gasteiger partial charge on any atom is -0.329 e. The molecule has 0 fully saturated rings. The molecule has 1 aromatic carbocycles. The number of amides is 1. The molecule has 17 heavy (non-hydrogen) atoms. The van der Waals surface area contributed by atoms with Crippen LogP contribution in [0.2, 0.25) is 0 Å². The molecule has 1 aliphatic carbocycles. The van der Waals surface area contributed by atoms with Crippen LogP contribution in [0.3, 0.4) is 0 Å². The number of carbonyl (C=O) groups excluding carboxylic acids is 1. The van der Waals surface area contributed by atoms with E-state index in [9.17, 15) is 4.79 Å². The summed E-state index contributed by atoms with van der Waals surface area (Å²) in [6.07, 6.45) is 4.54. The third kappa shape index (κ3) is 1.68. The van der Waals surface area contributed by atoms with Crippen molar-refractivity contribution in [1.82, 2.24) is 5.32 Å². The van der Waals surface area contributed by atoms with Gasteiger partial charge in [0.25, 0.3) is 0 Å². The molecule has 3 rings (SSSR count). The normalized spacial score (nSPS) is 23.6. The first-order chi connectivity index (χ1) is 8.27. The lowest BCUT2D eigenvalue weighted by atomic mass is 9.87. The first-order valence-corrected chi connectivity index (χ1v) is 6.39. The zero-order valence-electron chi connectivity index (χ0n) is 10.1. The maximum atomic E-state index is 12.1. The zero-order valence-corrected chi connectivity index (χ0v) is 10.1. The molecule has 1 aromatic rings. The Morgan fingerprint density at radius 1 is 1.18 bits per heavy atom. The molecule has 1 heterocycles. The predicted molar refractivity (Wildman–Crippen MR) is 68.4 cm³/mol. The van der Waals surface area contributed by atoms with Gasteiger partial charge >= 0.3 is 0 Å². The van der Waals surface area contributed by atoms with Crippen molar-refractivity contribution in [3.05, 3.63) is 41.1 Å². The van der Waals surface area contributed by atoms with Gasteiger partial charge in [0.1, 0.15) is 0 Å². The Morgan fingerprint density at radius 3 is 2.82 bits per heavy atom. The van der Waals surface area contributed by atoms with Crippen molar-refractivity contribution in [2.45, 2.75) is 38.5 Å². The van der Waals surface area contributed by atoms with Crippen molar-refractivity contribution in [3.63, 3.8) is 0 Å². The summed E-state index contributed by atoms with van der Waals surface area (Å²) in [5.41, 5.74) is 4.99. The Morgan fingerprint density at radius 2 is 1.94 bits per heavy atom. The summed E-state index contributed by atoms with van der Waals surface area (Å²) in [4.78, 5) is 12.1. The molecule has 1 amide bonds. The minimum atomic E-state index is -0.0446. The Bertz CT molecular complexity index is 501. The predicted octanol–water partition coefficient (Wildman–Crippen LogP) is 3.21. The summed E-state index contributed by atoms with van der Waals surface area (Å²) >= 11 is 0. The van der Waals surface area contributed by atoms with E-state index in [1.54, 1.807) is 0 Å².